The summed E-state index contributed by atoms with van der Waals surface area (Å²) >= 11 is 0. The molecule has 0 amide bonds. The first kappa shape index (κ1) is 12.8. The molecule has 1 aromatic heterocycles. The zero-order valence-electron chi connectivity index (χ0n) is 8.84. The highest BCUT2D eigenvalue weighted by atomic mass is 19.4. The number of aromatic nitrogens is 1. The minimum absolute atomic E-state index is 0.158. The van der Waals surface area contributed by atoms with Crippen molar-refractivity contribution in [2.45, 2.75) is 13.1 Å². The average molecular weight is 234 g/mol. The lowest BCUT2D eigenvalue weighted by molar-refractivity contribution is -0.137. The fourth-order valence-corrected chi connectivity index (χ4v) is 1.16. The van der Waals surface area contributed by atoms with E-state index in [9.17, 15) is 13.2 Å². The molecule has 6 heteroatoms. The van der Waals surface area contributed by atoms with Crippen molar-refractivity contribution in [2.24, 2.45) is 0 Å². The largest absolute Gasteiger partial charge is 0.419 e. The van der Waals surface area contributed by atoms with Crippen molar-refractivity contribution in [2.75, 3.05) is 25.1 Å². The van der Waals surface area contributed by atoms with Gasteiger partial charge in [0.25, 0.3) is 0 Å². The van der Waals surface area contributed by atoms with Crippen molar-refractivity contribution in [3.05, 3.63) is 23.9 Å². The second kappa shape index (κ2) is 5.69. The van der Waals surface area contributed by atoms with E-state index in [2.05, 4.69) is 10.3 Å². The Bertz CT molecular complexity index is 328. The summed E-state index contributed by atoms with van der Waals surface area (Å²) in [6.07, 6.45) is -3.07. The van der Waals surface area contributed by atoms with Crippen LogP contribution in [0.5, 0.6) is 0 Å². The Morgan fingerprint density at radius 3 is 2.81 bits per heavy atom. The summed E-state index contributed by atoms with van der Waals surface area (Å²) in [4.78, 5) is 3.66. The second-order valence-corrected chi connectivity index (χ2v) is 3.02. The predicted octanol–water partition coefficient (Wildman–Crippen LogP) is 2.55. The number of nitrogens with zero attached hydrogens (tertiary/aromatic N) is 1. The molecule has 0 atom stereocenters. The molecule has 0 radical (unpaired) electrons. The Balaban J connectivity index is 2.65. The highest BCUT2D eigenvalue weighted by molar-refractivity contribution is 5.45. The summed E-state index contributed by atoms with van der Waals surface area (Å²) in [5.41, 5.74) is -0.758. The molecule has 1 heterocycles. The van der Waals surface area contributed by atoms with E-state index in [1.807, 2.05) is 6.92 Å². The van der Waals surface area contributed by atoms with Crippen molar-refractivity contribution in [1.82, 2.24) is 4.98 Å². The van der Waals surface area contributed by atoms with Gasteiger partial charge < -0.3 is 10.1 Å². The molecule has 0 fully saturated rings. The molecular formula is C10H13F3N2O. The summed E-state index contributed by atoms with van der Waals surface area (Å²) in [6, 6.07) is 2.26. The van der Waals surface area contributed by atoms with E-state index in [0.29, 0.717) is 19.8 Å². The van der Waals surface area contributed by atoms with Gasteiger partial charge in [-0.1, -0.05) is 0 Å². The van der Waals surface area contributed by atoms with Crippen LogP contribution in [0.1, 0.15) is 12.5 Å². The minimum atomic E-state index is -4.39. The lowest BCUT2D eigenvalue weighted by Gasteiger charge is -2.12. The zero-order valence-corrected chi connectivity index (χ0v) is 8.84. The minimum Gasteiger partial charge on any atom is -0.380 e. The van der Waals surface area contributed by atoms with Gasteiger partial charge in [0.15, 0.2) is 0 Å². The van der Waals surface area contributed by atoms with Crippen LogP contribution < -0.4 is 5.32 Å². The fourth-order valence-electron chi connectivity index (χ4n) is 1.16. The van der Waals surface area contributed by atoms with Gasteiger partial charge in [0.1, 0.15) is 5.82 Å². The molecule has 0 spiro atoms. The molecule has 1 N–H and O–H groups in total. The van der Waals surface area contributed by atoms with Gasteiger partial charge in [-0.2, -0.15) is 13.2 Å². The third kappa shape index (κ3) is 3.69. The van der Waals surface area contributed by atoms with Gasteiger partial charge in [-0.15, -0.1) is 0 Å². The van der Waals surface area contributed by atoms with Crippen molar-refractivity contribution >= 4 is 5.82 Å². The van der Waals surface area contributed by atoms with E-state index in [1.165, 1.54) is 12.3 Å². The number of ether oxygens (including phenoxy) is 1. The topological polar surface area (TPSA) is 34.1 Å². The Morgan fingerprint density at radius 1 is 1.44 bits per heavy atom. The molecule has 3 nitrogen and oxygen atoms in total. The average Bonchev–Trinajstić information content (AvgIpc) is 2.24. The van der Waals surface area contributed by atoms with Crippen LogP contribution >= 0.6 is 0 Å². The van der Waals surface area contributed by atoms with Gasteiger partial charge in [0.05, 0.1) is 12.2 Å². The standard InChI is InChI=1S/C10H13F3N2O/c1-2-16-7-6-15-9-8(10(11,12)13)4-3-5-14-9/h3-5H,2,6-7H2,1H3,(H,14,15). The van der Waals surface area contributed by atoms with E-state index in [4.69, 9.17) is 4.74 Å². The van der Waals surface area contributed by atoms with Crippen molar-refractivity contribution in [3.63, 3.8) is 0 Å². The van der Waals surface area contributed by atoms with E-state index < -0.39 is 11.7 Å². The van der Waals surface area contributed by atoms with Gasteiger partial charge in [-0.3, -0.25) is 0 Å². The second-order valence-electron chi connectivity index (χ2n) is 3.02. The number of rotatable bonds is 5. The van der Waals surface area contributed by atoms with Gasteiger partial charge in [0, 0.05) is 19.3 Å². The monoisotopic (exact) mass is 234 g/mol. The molecule has 0 saturated carbocycles. The Morgan fingerprint density at radius 2 is 2.19 bits per heavy atom. The summed E-state index contributed by atoms with van der Waals surface area (Å²) < 4.78 is 42.5. The van der Waals surface area contributed by atoms with Gasteiger partial charge in [-0.05, 0) is 19.1 Å². The maximum atomic E-state index is 12.5. The predicted molar refractivity (Wildman–Crippen MR) is 54.2 cm³/mol. The first-order valence-corrected chi connectivity index (χ1v) is 4.89. The molecule has 0 aliphatic heterocycles. The molecular weight excluding hydrogens is 221 g/mol. The normalized spacial score (nSPS) is 11.5. The number of nitrogens with one attached hydrogen (secondary N) is 1. The number of alkyl halides is 3. The summed E-state index contributed by atoms with van der Waals surface area (Å²) in [5.74, 6) is -0.158. The quantitative estimate of drug-likeness (QED) is 0.795. The number of halogens is 3. The fraction of sp³-hybridized carbons (Fsp3) is 0.500. The Kier molecular flexibility index (Phi) is 4.54. The van der Waals surface area contributed by atoms with Crippen molar-refractivity contribution in [3.8, 4) is 0 Å². The summed E-state index contributed by atoms with van der Waals surface area (Å²) in [7, 11) is 0. The van der Waals surface area contributed by atoms with E-state index in [1.54, 1.807) is 0 Å². The van der Waals surface area contributed by atoms with E-state index in [-0.39, 0.29) is 5.82 Å². The van der Waals surface area contributed by atoms with E-state index >= 15 is 0 Å². The van der Waals surface area contributed by atoms with Gasteiger partial charge in [0.2, 0.25) is 0 Å². The van der Waals surface area contributed by atoms with Crippen molar-refractivity contribution < 1.29 is 17.9 Å². The highest BCUT2D eigenvalue weighted by Crippen LogP contribution is 2.33. The van der Waals surface area contributed by atoms with Crippen LogP contribution in [-0.4, -0.2) is 24.7 Å². The molecule has 0 unspecified atom stereocenters. The van der Waals surface area contributed by atoms with Crippen LogP contribution in [-0.2, 0) is 10.9 Å². The summed E-state index contributed by atoms with van der Waals surface area (Å²) in [5, 5.41) is 2.60. The molecule has 90 valence electrons. The molecule has 0 aliphatic rings. The molecule has 1 aromatic rings. The first-order valence-electron chi connectivity index (χ1n) is 4.89. The molecule has 0 aromatic carbocycles. The third-order valence-corrected chi connectivity index (χ3v) is 1.86. The van der Waals surface area contributed by atoms with Crippen molar-refractivity contribution in [1.29, 1.82) is 0 Å². The first-order chi connectivity index (χ1) is 7.55. The van der Waals surface area contributed by atoms with Gasteiger partial charge in [-0.25, -0.2) is 4.98 Å². The molecule has 0 saturated heterocycles. The zero-order chi connectivity index (χ0) is 12.0. The highest BCUT2D eigenvalue weighted by Gasteiger charge is 2.33. The van der Waals surface area contributed by atoms with Crippen LogP contribution in [0.25, 0.3) is 0 Å². The van der Waals surface area contributed by atoms with Crippen LogP contribution in [0.3, 0.4) is 0 Å². The number of hydrogen-bond donors (Lipinski definition) is 1. The van der Waals surface area contributed by atoms with E-state index in [0.717, 1.165) is 6.07 Å². The maximum Gasteiger partial charge on any atom is 0.419 e. The number of pyridine rings is 1. The molecule has 16 heavy (non-hydrogen) atoms. The SMILES string of the molecule is CCOCCNc1ncccc1C(F)(F)F. The smallest absolute Gasteiger partial charge is 0.380 e. The number of hydrogen-bond acceptors (Lipinski definition) is 3. The molecule has 0 aliphatic carbocycles. The van der Waals surface area contributed by atoms with Gasteiger partial charge >= 0.3 is 6.18 Å². The van der Waals surface area contributed by atoms with Crippen LogP contribution in [0.2, 0.25) is 0 Å². The third-order valence-electron chi connectivity index (χ3n) is 1.86. The Labute approximate surface area is 91.6 Å². The summed E-state index contributed by atoms with van der Waals surface area (Å²) in [6.45, 7) is 3.01. The lowest BCUT2D eigenvalue weighted by atomic mass is 10.2. The molecule has 1 rings (SSSR count). The van der Waals surface area contributed by atoms with Crippen LogP contribution in [0.15, 0.2) is 18.3 Å². The molecule has 0 bridgehead atoms. The Hall–Kier alpha value is -1.30. The van der Waals surface area contributed by atoms with Crippen LogP contribution in [0, 0.1) is 0 Å². The maximum absolute atomic E-state index is 12.5. The lowest BCUT2D eigenvalue weighted by Crippen LogP contribution is -2.15. The van der Waals surface area contributed by atoms with Crippen LogP contribution in [0.4, 0.5) is 19.0 Å². The number of anilines is 1.